The molecule has 0 radical (unpaired) electrons. The maximum atomic E-state index is 14.3. The number of rotatable bonds is 9. The normalized spacial score (nSPS) is 18.9. The van der Waals surface area contributed by atoms with Crippen molar-refractivity contribution in [2.45, 2.75) is 43.8 Å². The minimum atomic E-state index is -3.40. The number of ether oxygens (including phenoxy) is 1. The van der Waals surface area contributed by atoms with Crippen LogP contribution in [-0.2, 0) is 15.5 Å². The molecule has 7 heteroatoms. The molecule has 0 saturated carbocycles. The average molecular weight is 364 g/mol. The number of carbonyl (C=O) groups is 1. The Morgan fingerprint density at radius 1 is 1.38 bits per heavy atom. The van der Waals surface area contributed by atoms with Gasteiger partial charge < -0.3 is 14.7 Å². The number of aliphatic hydroxyl groups excluding tert-OH is 1. The van der Waals surface area contributed by atoms with Crippen LogP contribution in [0.5, 0.6) is 0 Å². The van der Waals surface area contributed by atoms with Crippen LogP contribution < -0.4 is 0 Å². The van der Waals surface area contributed by atoms with Gasteiger partial charge in [0.05, 0.1) is 6.04 Å². The standard InChI is InChI=1S/C19H22F2N2O3/c20-19(21,15-6-2-1-3-7-15)17(24)10-8-16-9-11-18(25)23(16)12-4-5-13-26-14-22/h1-3,6-8,10,16-17,24H,4-5,9,11-13H2. The molecule has 140 valence electrons. The van der Waals surface area contributed by atoms with Crippen LogP contribution in [0.4, 0.5) is 8.78 Å². The number of nitriles is 1. The van der Waals surface area contributed by atoms with E-state index < -0.39 is 12.0 Å². The minimum Gasteiger partial charge on any atom is -0.428 e. The van der Waals surface area contributed by atoms with E-state index in [0.717, 1.165) is 6.08 Å². The van der Waals surface area contributed by atoms with Gasteiger partial charge in [-0.1, -0.05) is 42.5 Å². The van der Waals surface area contributed by atoms with Gasteiger partial charge in [-0.25, -0.2) is 0 Å². The summed E-state index contributed by atoms with van der Waals surface area (Å²) in [7, 11) is 0. The predicted molar refractivity (Wildman–Crippen MR) is 91.0 cm³/mol. The van der Waals surface area contributed by atoms with Crippen LogP contribution in [0.1, 0.15) is 31.2 Å². The topological polar surface area (TPSA) is 73.6 Å². The Morgan fingerprint density at radius 2 is 2.12 bits per heavy atom. The summed E-state index contributed by atoms with van der Waals surface area (Å²) in [5, 5.41) is 18.2. The van der Waals surface area contributed by atoms with Gasteiger partial charge in [-0.15, -0.1) is 0 Å². The van der Waals surface area contributed by atoms with E-state index in [1.807, 2.05) is 0 Å². The first-order valence-electron chi connectivity index (χ1n) is 8.57. The summed E-state index contributed by atoms with van der Waals surface area (Å²) >= 11 is 0. The highest BCUT2D eigenvalue weighted by Gasteiger charge is 2.39. The zero-order valence-corrected chi connectivity index (χ0v) is 14.4. The lowest BCUT2D eigenvalue weighted by molar-refractivity contribution is -0.128. The van der Waals surface area contributed by atoms with Gasteiger partial charge in [0.2, 0.25) is 5.91 Å². The molecule has 1 aliphatic heterocycles. The summed E-state index contributed by atoms with van der Waals surface area (Å²) in [6.45, 7) is 0.759. The fourth-order valence-electron chi connectivity index (χ4n) is 2.93. The molecule has 1 aliphatic rings. The number of alkyl halides is 2. The van der Waals surface area contributed by atoms with Gasteiger partial charge in [0.25, 0.3) is 6.26 Å². The van der Waals surface area contributed by atoms with E-state index in [1.54, 1.807) is 17.2 Å². The van der Waals surface area contributed by atoms with Crippen LogP contribution in [0, 0.1) is 11.5 Å². The van der Waals surface area contributed by atoms with Gasteiger partial charge in [-0.2, -0.15) is 14.0 Å². The van der Waals surface area contributed by atoms with Crippen molar-refractivity contribution in [3.63, 3.8) is 0 Å². The number of likely N-dealkylation sites (tertiary alicyclic amines) is 1. The Morgan fingerprint density at radius 3 is 2.81 bits per heavy atom. The third kappa shape index (κ3) is 5.02. The average Bonchev–Trinajstić information content (AvgIpc) is 3.00. The second-order valence-corrected chi connectivity index (χ2v) is 6.16. The Kier molecular flexibility index (Phi) is 7.10. The van der Waals surface area contributed by atoms with Crippen LogP contribution >= 0.6 is 0 Å². The molecule has 1 aromatic carbocycles. The lowest BCUT2D eigenvalue weighted by Gasteiger charge is -2.24. The van der Waals surface area contributed by atoms with Gasteiger partial charge in [0, 0.05) is 18.5 Å². The zero-order chi connectivity index (χ0) is 19.0. The highest BCUT2D eigenvalue weighted by molar-refractivity contribution is 5.79. The SMILES string of the molecule is N#COCCCCN1C(=O)CCC1C=CC(O)C(F)(F)c1ccccc1. The Hall–Kier alpha value is -2.46. The number of aliphatic hydroxyl groups is 1. The monoisotopic (exact) mass is 364 g/mol. The zero-order valence-electron chi connectivity index (χ0n) is 14.4. The van der Waals surface area contributed by atoms with Crippen molar-refractivity contribution < 1.29 is 23.4 Å². The smallest absolute Gasteiger partial charge is 0.302 e. The largest absolute Gasteiger partial charge is 0.428 e. The van der Waals surface area contributed by atoms with Crippen LogP contribution in [0.3, 0.4) is 0 Å². The molecule has 2 rings (SSSR count). The molecule has 2 unspecified atom stereocenters. The third-order valence-electron chi connectivity index (χ3n) is 4.38. The number of hydrogen-bond acceptors (Lipinski definition) is 4. The molecule has 1 heterocycles. The molecular weight excluding hydrogens is 342 g/mol. The Balaban J connectivity index is 1.94. The van der Waals surface area contributed by atoms with E-state index in [1.165, 1.54) is 30.3 Å². The third-order valence-corrected chi connectivity index (χ3v) is 4.38. The molecular formula is C19H22F2N2O3. The quantitative estimate of drug-likeness (QED) is 0.415. The molecule has 1 amide bonds. The molecule has 1 aromatic rings. The molecule has 26 heavy (non-hydrogen) atoms. The number of carbonyl (C=O) groups excluding carboxylic acids is 1. The molecule has 5 nitrogen and oxygen atoms in total. The van der Waals surface area contributed by atoms with Crippen LogP contribution in [0.2, 0.25) is 0 Å². The maximum Gasteiger partial charge on any atom is 0.302 e. The Bertz CT molecular complexity index is 658. The number of halogens is 2. The van der Waals surface area contributed by atoms with E-state index in [9.17, 15) is 18.7 Å². The molecule has 1 N–H and O–H groups in total. The highest BCUT2D eigenvalue weighted by atomic mass is 19.3. The lowest BCUT2D eigenvalue weighted by atomic mass is 10.0. The number of amides is 1. The molecule has 0 spiro atoms. The first-order chi connectivity index (χ1) is 12.5. The lowest BCUT2D eigenvalue weighted by Crippen LogP contribution is -2.34. The van der Waals surface area contributed by atoms with Crippen molar-refractivity contribution in [1.82, 2.24) is 4.90 Å². The van der Waals surface area contributed by atoms with Crippen LogP contribution in [-0.4, -0.2) is 41.2 Å². The summed E-state index contributed by atoms with van der Waals surface area (Å²) in [6, 6.07) is 6.85. The molecule has 0 aliphatic carbocycles. The Labute approximate surface area is 151 Å². The second-order valence-electron chi connectivity index (χ2n) is 6.16. The number of nitrogens with zero attached hydrogens (tertiary/aromatic N) is 2. The van der Waals surface area contributed by atoms with Crippen molar-refractivity contribution in [2.75, 3.05) is 13.2 Å². The summed E-state index contributed by atoms with van der Waals surface area (Å²) in [6.07, 6.45) is 4.35. The highest BCUT2D eigenvalue weighted by Crippen LogP contribution is 2.32. The van der Waals surface area contributed by atoms with Crippen molar-refractivity contribution in [3.05, 3.63) is 48.0 Å². The maximum absolute atomic E-state index is 14.3. The van der Waals surface area contributed by atoms with Crippen LogP contribution in [0.25, 0.3) is 0 Å². The van der Waals surface area contributed by atoms with E-state index in [-0.39, 0.29) is 17.5 Å². The molecule has 1 saturated heterocycles. The summed E-state index contributed by atoms with van der Waals surface area (Å²) in [4.78, 5) is 13.6. The van der Waals surface area contributed by atoms with Gasteiger partial charge in [0.1, 0.15) is 12.7 Å². The van der Waals surface area contributed by atoms with Gasteiger partial charge >= 0.3 is 5.92 Å². The predicted octanol–water partition coefficient (Wildman–Crippen LogP) is 2.96. The van der Waals surface area contributed by atoms with E-state index >= 15 is 0 Å². The van der Waals surface area contributed by atoms with Crippen molar-refractivity contribution in [3.8, 4) is 6.26 Å². The second kappa shape index (κ2) is 9.30. The fourth-order valence-corrected chi connectivity index (χ4v) is 2.93. The minimum absolute atomic E-state index is 0.0369. The van der Waals surface area contributed by atoms with Gasteiger partial charge in [0.15, 0.2) is 0 Å². The summed E-state index contributed by atoms with van der Waals surface area (Å²) in [5.74, 6) is -3.44. The first-order valence-corrected chi connectivity index (χ1v) is 8.57. The van der Waals surface area contributed by atoms with Crippen LogP contribution in [0.15, 0.2) is 42.5 Å². The van der Waals surface area contributed by atoms with E-state index in [4.69, 9.17) is 5.26 Å². The summed E-state index contributed by atoms with van der Waals surface area (Å²) < 4.78 is 33.2. The van der Waals surface area contributed by atoms with Gasteiger partial charge in [-0.05, 0) is 19.3 Å². The fraction of sp³-hybridized carbons (Fsp3) is 0.474. The number of benzene rings is 1. The van der Waals surface area contributed by atoms with Crippen molar-refractivity contribution in [1.29, 1.82) is 5.26 Å². The van der Waals surface area contributed by atoms with E-state index in [0.29, 0.717) is 38.8 Å². The van der Waals surface area contributed by atoms with Crippen molar-refractivity contribution >= 4 is 5.91 Å². The number of unbranched alkanes of at least 4 members (excludes halogenated alkanes) is 1. The molecule has 0 aromatic heterocycles. The first kappa shape index (κ1) is 19.9. The molecule has 0 bridgehead atoms. The van der Waals surface area contributed by atoms with Crippen molar-refractivity contribution in [2.24, 2.45) is 0 Å². The van der Waals surface area contributed by atoms with Gasteiger partial charge in [-0.3, -0.25) is 4.79 Å². The number of hydrogen-bond donors (Lipinski definition) is 1. The van der Waals surface area contributed by atoms with E-state index in [2.05, 4.69) is 4.74 Å². The molecule has 1 fully saturated rings. The molecule has 2 atom stereocenters. The summed E-state index contributed by atoms with van der Waals surface area (Å²) in [5.41, 5.74) is -0.256.